The largest absolute Gasteiger partial charge is 0.459 e. The summed E-state index contributed by atoms with van der Waals surface area (Å²) < 4.78 is 27.0. The van der Waals surface area contributed by atoms with Gasteiger partial charge in [0.25, 0.3) is 0 Å². The van der Waals surface area contributed by atoms with E-state index in [9.17, 15) is 20.1 Å². The van der Waals surface area contributed by atoms with E-state index in [0.29, 0.717) is 49.7 Å². The Kier molecular flexibility index (Phi) is 17.1. The highest BCUT2D eigenvalue weighted by molar-refractivity contribution is 6.03. The maximum absolute atomic E-state index is 14.8. The van der Waals surface area contributed by atoms with E-state index in [1.165, 1.54) is 18.4 Å². The first kappa shape index (κ1) is 45.8. The van der Waals surface area contributed by atoms with Gasteiger partial charge in [-0.15, -0.1) is 6.58 Å². The zero-order valence-electron chi connectivity index (χ0n) is 36.3. The second-order valence-corrected chi connectivity index (χ2v) is 17.2. The molecule has 2 saturated carbocycles. The number of oxime groups is 1. The van der Waals surface area contributed by atoms with Gasteiger partial charge in [0.15, 0.2) is 0 Å². The summed E-state index contributed by atoms with van der Waals surface area (Å²) in [6.45, 7) is 11.5. The summed E-state index contributed by atoms with van der Waals surface area (Å²) >= 11 is 0. The van der Waals surface area contributed by atoms with E-state index in [1.54, 1.807) is 6.08 Å². The quantitative estimate of drug-likeness (QED) is 0.0540. The van der Waals surface area contributed by atoms with Crippen LogP contribution in [0.15, 0.2) is 65.9 Å². The topological polar surface area (TPSA) is 140 Å². The number of ether oxygens (including phenoxy) is 4. The minimum atomic E-state index is -1.34. The Hall–Kier alpha value is -3.74. The van der Waals surface area contributed by atoms with Crippen LogP contribution in [0.2, 0.25) is 0 Å². The summed E-state index contributed by atoms with van der Waals surface area (Å²) in [6, 6.07) is 11.6. The molecule has 0 aromatic heterocycles. The molecule has 6 rings (SSSR count). The highest BCUT2D eigenvalue weighted by atomic mass is 16.7. The van der Waals surface area contributed by atoms with Gasteiger partial charge < -0.3 is 44.0 Å². The minimum Gasteiger partial charge on any atom is -0.459 e. The Morgan fingerprint density at radius 2 is 1.70 bits per heavy atom. The average Bonchev–Trinajstić information content (AvgIpc) is 3.78. The van der Waals surface area contributed by atoms with Crippen molar-refractivity contribution in [3.05, 3.63) is 77.4 Å². The van der Waals surface area contributed by atoms with Crippen LogP contribution >= 0.6 is 0 Å². The van der Waals surface area contributed by atoms with Gasteiger partial charge in [-0.1, -0.05) is 61.9 Å². The molecule has 11 nitrogen and oxygen atoms in total. The molecule has 60 heavy (non-hydrogen) atoms. The van der Waals surface area contributed by atoms with Gasteiger partial charge in [-0.3, -0.25) is 4.79 Å². The molecular formula is C49H70N2O9. The van der Waals surface area contributed by atoms with Crippen LogP contribution in [0.25, 0.3) is 0 Å². The van der Waals surface area contributed by atoms with Gasteiger partial charge in [-0.2, -0.15) is 0 Å². The smallest absolute Gasteiger partial charge is 0.239 e. The molecule has 2 aromatic rings. The van der Waals surface area contributed by atoms with Crippen molar-refractivity contribution in [1.82, 2.24) is 4.90 Å². The van der Waals surface area contributed by atoms with Crippen molar-refractivity contribution in [1.29, 1.82) is 0 Å². The SMILES string of the molecule is C=CCOC12Oc3ccc(Oc4ccc(C)c(C)c4)cc3C3C(CCCCO)C(CCCCO)C=C(C(=NOCC)CC1N(CCOCCO)C(=O)CCC1CCCC1)C32. The standard InChI is InChI=1S/C49H70N2O9/c1-5-27-57-49-45(51(23-28-56-29-26-54)46(55)22-18-36-13-7-8-14-36)33-43(50-58-6-2)41-31-37(15-9-11-24-52)40(16-10-12-25-53)47(48(41)49)42-32-39(20-21-44(42)60-49)59-38-19-17-34(3)35(4)30-38/h5,17,19-21,30-32,36-37,40,45,47-48,52-54H,1,6-16,18,22-29,33H2,2-4H3. The lowest BCUT2D eigenvalue weighted by Gasteiger charge is -2.60. The number of aryl methyl sites for hydroxylation is 2. The second-order valence-electron chi connectivity index (χ2n) is 17.2. The van der Waals surface area contributed by atoms with E-state index in [4.69, 9.17) is 28.9 Å². The Balaban J connectivity index is 1.54. The number of hydrogen-bond acceptors (Lipinski definition) is 10. The molecule has 11 heteroatoms. The molecule has 0 radical (unpaired) electrons. The zero-order valence-corrected chi connectivity index (χ0v) is 36.3. The van der Waals surface area contributed by atoms with Crippen LogP contribution in [0.4, 0.5) is 0 Å². The van der Waals surface area contributed by atoms with E-state index < -0.39 is 17.7 Å². The van der Waals surface area contributed by atoms with Crippen LogP contribution in [0, 0.1) is 37.5 Å². The van der Waals surface area contributed by atoms with Gasteiger partial charge in [0.1, 0.15) is 29.9 Å². The first-order valence-electron chi connectivity index (χ1n) is 22.7. The summed E-state index contributed by atoms with van der Waals surface area (Å²) in [5.74, 6) is 0.999. The van der Waals surface area contributed by atoms with Gasteiger partial charge in [0.2, 0.25) is 11.7 Å². The van der Waals surface area contributed by atoms with E-state index in [-0.39, 0.29) is 69.8 Å². The number of allylic oxidation sites excluding steroid dienone is 1. The van der Waals surface area contributed by atoms with Crippen molar-refractivity contribution in [3.63, 3.8) is 0 Å². The van der Waals surface area contributed by atoms with Crippen molar-refractivity contribution >= 4 is 11.6 Å². The van der Waals surface area contributed by atoms with Crippen molar-refractivity contribution in [2.75, 3.05) is 52.8 Å². The molecule has 3 aliphatic carbocycles. The molecule has 6 unspecified atom stereocenters. The van der Waals surface area contributed by atoms with E-state index in [1.807, 2.05) is 30.0 Å². The fraction of sp³-hybridized carbons (Fsp3) is 0.633. The second kappa shape index (κ2) is 22.4. The lowest BCUT2D eigenvalue weighted by Crippen LogP contribution is -2.70. The molecule has 1 aliphatic heterocycles. The number of rotatable bonds is 24. The third-order valence-corrected chi connectivity index (χ3v) is 13.3. The minimum absolute atomic E-state index is 0.0181. The summed E-state index contributed by atoms with van der Waals surface area (Å²) in [4.78, 5) is 22.6. The number of benzene rings is 2. The van der Waals surface area contributed by atoms with Crippen LogP contribution in [-0.4, -0.2) is 96.5 Å². The maximum atomic E-state index is 14.8. The Morgan fingerprint density at radius 3 is 2.42 bits per heavy atom. The lowest BCUT2D eigenvalue weighted by atomic mass is 9.55. The molecule has 0 saturated heterocycles. The summed E-state index contributed by atoms with van der Waals surface area (Å²) in [6.07, 6.45) is 15.2. The number of amides is 1. The molecule has 330 valence electrons. The number of nitrogens with zero attached hydrogens (tertiary/aromatic N) is 2. The summed E-state index contributed by atoms with van der Waals surface area (Å²) in [5.41, 5.74) is 5.12. The summed E-state index contributed by atoms with van der Waals surface area (Å²) in [7, 11) is 0. The lowest BCUT2D eigenvalue weighted by molar-refractivity contribution is -0.258. The molecule has 0 spiro atoms. The summed E-state index contributed by atoms with van der Waals surface area (Å²) in [5, 5.41) is 34.3. The molecule has 1 heterocycles. The molecular weight excluding hydrogens is 761 g/mol. The number of aliphatic hydroxyl groups excluding tert-OH is 3. The van der Waals surface area contributed by atoms with Gasteiger partial charge in [-0.25, -0.2) is 0 Å². The van der Waals surface area contributed by atoms with Gasteiger partial charge in [0, 0.05) is 44.1 Å². The van der Waals surface area contributed by atoms with Crippen LogP contribution in [0.3, 0.4) is 0 Å². The Labute approximate surface area is 357 Å². The van der Waals surface area contributed by atoms with E-state index >= 15 is 0 Å². The predicted molar refractivity (Wildman–Crippen MR) is 233 cm³/mol. The number of hydrogen-bond donors (Lipinski definition) is 3. The highest BCUT2D eigenvalue weighted by Crippen LogP contribution is 2.62. The van der Waals surface area contributed by atoms with Crippen LogP contribution < -0.4 is 9.47 Å². The molecule has 0 bridgehead atoms. The molecule has 2 aromatic carbocycles. The van der Waals surface area contributed by atoms with Crippen LogP contribution in [-0.2, 0) is 19.1 Å². The number of carbonyl (C=O) groups excluding carboxylic acids is 1. The third kappa shape index (κ3) is 10.6. The zero-order chi connectivity index (χ0) is 42.5. The monoisotopic (exact) mass is 831 g/mol. The van der Waals surface area contributed by atoms with E-state index in [0.717, 1.165) is 73.1 Å². The van der Waals surface area contributed by atoms with Crippen molar-refractivity contribution in [2.24, 2.45) is 28.8 Å². The van der Waals surface area contributed by atoms with Crippen molar-refractivity contribution < 1.29 is 43.9 Å². The normalized spacial score (nSPS) is 25.3. The van der Waals surface area contributed by atoms with Gasteiger partial charge in [0.05, 0.1) is 38.1 Å². The Bertz CT molecular complexity index is 1770. The fourth-order valence-corrected chi connectivity index (χ4v) is 10.3. The first-order valence-corrected chi connectivity index (χ1v) is 22.7. The Morgan fingerprint density at radius 1 is 0.950 bits per heavy atom. The van der Waals surface area contributed by atoms with Gasteiger partial charge >= 0.3 is 0 Å². The van der Waals surface area contributed by atoms with Gasteiger partial charge in [-0.05, 0) is 118 Å². The predicted octanol–water partition coefficient (Wildman–Crippen LogP) is 8.56. The van der Waals surface area contributed by atoms with Crippen molar-refractivity contribution in [3.8, 4) is 17.2 Å². The number of unbranched alkanes of at least 4 members (excludes halogenated alkanes) is 2. The average molecular weight is 831 g/mol. The molecule has 3 N–H and O–H groups in total. The molecule has 2 fully saturated rings. The number of fused-ring (bicyclic) bond motifs is 2. The third-order valence-electron chi connectivity index (χ3n) is 13.3. The van der Waals surface area contributed by atoms with E-state index in [2.05, 4.69) is 44.7 Å². The first-order chi connectivity index (χ1) is 29.3. The number of aliphatic hydroxyl groups is 3. The van der Waals surface area contributed by atoms with Crippen molar-refractivity contribution in [2.45, 2.75) is 122 Å². The maximum Gasteiger partial charge on any atom is 0.239 e. The molecule has 1 amide bonds. The molecule has 6 atom stereocenters. The van der Waals surface area contributed by atoms with Crippen LogP contribution in [0.5, 0.6) is 17.2 Å². The number of carbonyl (C=O) groups is 1. The highest BCUT2D eigenvalue weighted by Gasteiger charge is 2.65. The van der Waals surface area contributed by atoms with Crippen LogP contribution in [0.1, 0.15) is 113 Å². The molecule has 4 aliphatic rings. The fourth-order valence-electron chi connectivity index (χ4n) is 10.3.